The van der Waals surface area contributed by atoms with Gasteiger partial charge in [0.05, 0.1) is 4.92 Å². The minimum Gasteiger partial charge on any atom is -0.349 e. The summed E-state index contributed by atoms with van der Waals surface area (Å²) in [5.41, 5.74) is 7.48. The highest BCUT2D eigenvalue weighted by molar-refractivity contribution is 6.02. The highest BCUT2D eigenvalue weighted by Gasteiger charge is 2.43. The summed E-state index contributed by atoms with van der Waals surface area (Å²) in [7, 11) is 0. The quantitative estimate of drug-likeness (QED) is 0.374. The zero-order chi connectivity index (χ0) is 26.5. The Morgan fingerprint density at radius 3 is 2.00 bits per heavy atom. The topological polar surface area (TPSA) is 139 Å². The lowest BCUT2D eigenvalue weighted by Crippen LogP contribution is -2.53. The minimum atomic E-state index is -1.28. The number of non-ortho nitro benzene ring substituents is 1. The maximum Gasteiger partial charge on any atom is 0.269 e. The van der Waals surface area contributed by atoms with E-state index in [2.05, 4.69) is 5.32 Å². The number of hydrogen-bond acceptors (Lipinski definition) is 6. The largest absolute Gasteiger partial charge is 0.349 e. The predicted molar refractivity (Wildman–Crippen MR) is 132 cm³/mol. The maximum atomic E-state index is 13.4. The van der Waals surface area contributed by atoms with Crippen LogP contribution in [0, 0.1) is 15.9 Å². The normalized spacial score (nSPS) is 14.9. The number of nitrogens with zero attached hydrogens (tertiary/aromatic N) is 3. The molecule has 1 aliphatic rings. The second-order valence-electron chi connectivity index (χ2n) is 8.42. The van der Waals surface area contributed by atoms with Gasteiger partial charge in [0, 0.05) is 49.4 Å². The molecule has 37 heavy (non-hydrogen) atoms. The first-order valence-corrected chi connectivity index (χ1v) is 11.5. The van der Waals surface area contributed by atoms with Gasteiger partial charge in [0.1, 0.15) is 5.82 Å². The monoisotopic (exact) mass is 505 g/mol. The van der Waals surface area contributed by atoms with E-state index in [9.17, 15) is 28.9 Å². The third-order valence-electron chi connectivity index (χ3n) is 6.04. The van der Waals surface area contributed by atoms with Crippen molar-refractivity contribution in [2.45, 2.75) is 19.3 Å². The van der Waals surface area contributed by atoms with Crippen LogP contribution in [0.3, 0.4) is 0 Å². The van der Waals surface area contributed by atoms with Crippen LogP contribution in [-0.2, 0) is 17.9 Å². The first-order valence-electron chi connectivity index (χ1n) is 11.5. The van der Waals surface area contributed by atoms with Crippen LogP contribution < -0.4 is 11.1 Å². The van der Waals surface area contributed by atoms with E-state index in [1.165, 1.54) is 46.2 Å². The molecule has 1 heterocycles. The maximum absolute atomic E-state index is 13.4. The summed E-state index contributed by atoms with van der Waals surface area (Å²) in [5.74, 6) is -2.19. The van der Waals surface area contributed by atoms with Crippen LogP contribution in [-0.4, -0.2) is 51.7 Å². The van der Waals surface area contributed by atoms with E-state index in [4.69, 9.17) is 5.73 Å². The van der Waals surface area contributed by atoms with Gasteiger partial charge < -0.3 is 20.9 Å². The Labute approximate surface area is 211 Å². The number of halogens is 1. The van der Waals surface area contributed by atoms with E-state index in [0.717, 1.165) is 23.3 Å². The van der Waals surface area contributed by atoms with Gasteiger partial charge in [0.2, 0.25) is 0 Å². The molecule has 3 aromatic rings. The second kappa shape index (κ2) is 11.0. The number of nitro benzene ring substituents is 1. The first kappa shape index (κ1) is 25.5. The average molecular weight is 506 g/mol. The molecule has 0 aromatic heterocycles. The number of benzene rings is 3. The van der Waals surface area contributed by atoms with Gasteiger partial charge in [-0.15, -0.1) is 0 Å². The molecule has 3 aromatic carbocycles. The second-order valence-corrected chi connectivity index (χ2v) is 8.42. The fraction of sp³-hybridized carbons (Fsp3) is 0.192. The molecule has 10 nitrogen and oxygen atoms in total. The molecule has 4 rings (SSSR count). The lowest BCUT2D eigenvalue weighted by molar-refractivity contribution is -0.384. The first-order chi connectivity index (χ1) is 17.8. The number of nitrogens with one attached hydrogen (secondary N) is 1. The number of rotatable bonds is 7. The lowest BCUT2D eigenvalue weighted by atomic mass is 10.1. The van der Waals surface area contributed by atoms with Crippen molar-refractivity contribution in [2.75, 3.05) is 13.1 Å². The van der Waals surface area contributed by atoms with E-state index < -0.39 is 34.6 Å². The highest BCUT2D eigenvalue weighted by atomic mass is 19.1. The zero-order valence-electron chi connectivity index (χ0n) is 19.7. The van der Waals surface area contributed by atoms with Gasteiger partial charge in [-0.05, 0) is 47.5 Å². The van der Waals surface area contributed by atoms with E-state index >= 15 is 0 Å². The van der Waals surface area contributed by atoms with Crippen LogP contribution in [0.1, 0.15) is 31.8 Å². The van der Waals surface area contributed by atoms with Gasteiger partial charge in [0.25, 0.3) is 23.4 Å². The van der Waals surface area contributed by atoms with Crippen molar-refractivity contribution in [1.82, 2.24) is 15.1 Å². The smallest absolute Gasteiger partial charge is 0.269 e. The van der Waals surface area contributed by atoms with Crippen molar-refractivity contribution in [1.29, 1.82) is 0 Å². The lowest BCUT2D eigenvalue weighted by Gasteiger charge is -2.29. The number of carbonyl (C=O) groups excluding carboxylic acids is 3. The molecule has 190 valence electrons. The van der Waals surface area contributed by atoms with Crippen LogP contribution in [0.5, 0.6) is 0 Å². The van der Waals surface area contributed by atoms with Gasteiger partial charge in [-0.3, -0.25) is 24.5 Å². The van der Waals surface area contributed by atoms with Crippen molar-refractivity contribution in [2.24, 2.45) is 5.73 Å². The average Bonchev–Trinajstić information content (AvgIpc) is 3.37. The van der Waals surface area contributed by atoms with Crippen molar-refractivity contribution in [3.63, 3.8) is 0 Å². The minimum absolute atomic E-state index is 0.0590. The molecule has 0 saturated carbocycles. The Hall–Kier alpha value is -4.64. The number of hydrogen-bond donors (Lipinski definition) is 2. The molecule has 0 bridgehead atoms. The number of amides is 3. The van der Waals surface area contributed by atoms with Crippen LogP contribution in [0.4, 0.5) is 10.1 Å². The number of carbonyl (C=O) groups is 3. The van der Waals surface area contributed by atoms with Crippen LogP contribution in [0.25, 0.3) is 0 Å². The van der Waals surface area contributed by atoms with E-state index in [-0.39, 0.29) is 36.4 Å². The molecule has 3 N–H and O–H groups in total. The molecule has 1 unspecified atom stereocenters. The molecule has 0 radical (unpaired) electrons. The van der Waals surface area contributed by atoms with Crippen LogP contribution >= 0.6 is 0 Å². The van der Waals surface area contributed by atoms with Crippen molar-refractivity contribution < 1.29 is 23.7 Å². The molecule has 0 spiro atoms. The molecule has 0 aliphatic carbocycles. The summed E-state index contributed by atoms with van der Waals surface area (Å²) in [6.45, 7) is 0.600. The van der Waals surface area contributed by atoms with Crippen molar-refractivity contribution >= 4 is 23.4 Å². The van der Waals surface area contributed by atoms with Crippen LogP contribution in [0.2, 0.25) is 0 Å². The standard InChI is InChI=1S/C26H24FN5O5/c27-21-8-4-19(5-9-21)25(34)30-12-13-31(26(35)20-6-10-22(11-7-20)32(36)37)24(30)23(33)29-16-18-3-1-2-17(14-18)15-28/h1-11,14,24H,12-13,15-16,28H2,(H,29,33). The summed E-state index contributed by atoms with van der Waals surface area (Å²) in [6.07, 6.45) is -1.28. The number of nitro groups is 1. The van der Waals surface area contributed by atoms with Gasteiger partial charge in [-0.25, -0.2) is 4.39 Å². The Kier molecular flexibility index (Phi) is 7.54. The summed E-state index contributed by atoms with van der Waals surface area (Å²) in [5, 5.41) is 13.7. The Bertz CT molecular complexity index is 1330. The molecule has 1 atom stereocenters. The Balaban J connectivity index is 1.60. The van der Waals surface area contributed by atoms with Crippen molar-refractivity contribution in [3.05, 3.63) is 111 Å². The van der Waals surface area contributed by atoms with Gasteiger partial charge >= 0.3 is 0 Å². The van der Waals surface area contributed by atoms with Gasteiger partial charge in [0.15, 0.2) is 6.17 Å². The Morgan fingerprint density at radius 2 is 1.46 bits per heavy atom. The zero-order valence-corrected chi connectivity index (χ0v) is 19.7. The Morgan fingerprint density at radius 1 is 0.919 bits per heavy atom. The van der Waals surface area contributed by atoms with Crippen molar-refractivity contribution in [3.8, 4) is 0 Å². The predicted octanol–water partition coefficient (Wildman–Crippen LogP) is 2.43. The summed E-state index contributed by atoms with van der Waals surface area (Å²) in [4.78, 5) is 52.8. The number of nitrogens with two attached hydrogens (primary N) is 1. The SMILES string of the molecule is NCc1cccc(CNC(=O)C2N(C(=O)c3ccc(F)cc3)CCN2C(=O)c2ccc([N+](=O)[O-])cc2)c1. The summed E-state index contributed by atoms with van der Waals surface area (Å²) in [6, 6.07) is 17.2. The fourth-order valence-corrected chi connectivity index (χ4v) is 4.13. The molecule has 3 amide bonds. The fourth-order valence-electron chi connectivity index (χ4n) is 4.13. The third-order valence-corrected chi connectivity index (χ3v) is 6.04. The van der Waals surface area contributed by atoms with Crippen LogP contribution in [0.15, 0.2) is 72.8 Å². The summed E-state index contributed by atoms with van der Waals surface area (Å²) < 4.78 is 13.4. The third kappa shape index (κ3) is 5.62. The van der Waals surface area contributed by atoms with E-state index in [1.807, 2.05) is 24.3 Å². The molecular formula is C26H24FN5O5. The molecule has 1 saturated heterocycles. The molecule has 1 fully saturated rings. The summed E-state index contributed by atoms with van der Waals surface area (Å²) >= 11 is 0. The van der Waals surface area contributed by atoms with Gasteiger partial charge in [-0.1, -0.05) is 24.3 Å². The molecule has 11 heteroatoms. The molecular weight excluding hydrogens is 481 g/mol. The van der Waals surface area contributed by atoms with E-state index in [0.29, 0.717) is 6.54 Å². The molecule has 1 aliphatic heterocycles. The van der Waals surface area contributed by atoms with E-state index in [1.54, 1.807) is 0 Å². The van der Waals surface area contributed by atoms with Gasteiger partial charge in [-0.2, -0.15) is 0 Å². The highest BCUT2D eigenvalue weighted by Crippen LogP contribution is 2.23.